The zero-order valence-electron chi connectivity index (χ0n) is 15.7. The Morgan fingerprint density at radius 2 is 1.93 bits per heavy atom. The van der Waals surface area contributed by atoms with Crippen LogP contribution in [0.25, 0.3) is 10.2 Å². The van der Waals surface area contributed by atoms with Gasteiger partial charge in [0.15, 0.2) is 5.13 Å². The first-order valence-electron chi connectivity index (χ1n) is 8.90. The highest BCUT2D eigenvalue weighted by Gasteiger charge is 2.13. The smallest absolute Gasteiger partial charge is 0.226 e. The van der Waals surface area contributed by atoms with Gasteiger partial charge in [-0.15, -0.1) is 0 Å². The summed E-state index contributed by atoms with van der Waals surface area (Å²) in [5, 5.41) is 4.10. The minimum Gasteiger partial charge on any atom is -0.494 e. The molecule has 0 aliphatic carbocycles. The molecule has 0 saturated heterocycles. The highest BCUT2D eigenvalue weighted by Crippen LogP contribution is 2.28. The van der Waals surface area contributed by atoms with Gasteiger partial charge in [0.05, 0.1) is 16.8 Å². The van der Waals surface area contributed by atoms with Gasteiger partial charge in [-0.2, -0.15) is 0 Å². The summed E-state index contributed by atoms with van der Waals surface area (Å²) in [6, 6.07) is 13.6. The molecule has 6 heteroatoms. The average Bonchev–Trinajstić information content (AvgIpc) is 2.99. The number of nitrogens with zero attached hydrogens (tertiary/aromatic N) is 1. The summed E-state index contributed by atoms with van der Waals surface area (Å²) in [6.45, 7) is 7.04. The zero-order valence-corrected chi connectivity index (χ0v) is 17.3. The van der Waals surface area contributed by atoms with Crippen LogP contribution in [0.15, 0.2) is 42.5 Å². The van der Waals surface area contributed by atoms with Gasteiger partial charge in [-0.1, -0.05) is 55.8 Å². The fraction of sp³-hybridized carbons (Fsp3) is 0.333. The number of benzene rings is 2. The summed E-state index contributed by atoms with van der Waals surface area (Å²) < 4.78 is 6.69. The van der Waals surface area contributed by atoms with E-state index in [1.165, 1.54) is 16.9 Å². The molecule has 1 amide bonds. The van der Waals surface area contributed by atoms with Crippen LogP contribution in [0, 0.1) is 0 Å². The molecule has 0 fully saturated rings. The molecule has 3 aromatic rings. The molecule has 0 unspecified atom stereocenters. The number of thiazole rings is 1. The van der Waals surface area contributed by atoms with Crippen molar-refractivity contribution in [3.63, 3.8) is 0 Å². The molecule has 142 valence electrons. The van der Waals surface area contributed by atoms with Crippen molar-refractivity contribution in [3.05, 3.63) is 53.1 Å². The van der Waals surface area contributed by atoms with Crippen LogP contribution in [-0.2, 0) is 10.2 Å². The van der Waals surface area contributed by atoms with Crippen LogP contribution >= 0.6 is 22.9 Å². The molecule has 1 heterocycles. The van der Waals surface area contributed by atoms with Crippen molar-refractivity contribution in [2.75, 3.05) is 11.9 Å². The van der Waals surface area contributed by atoms with Gasteiger partial charge in [-0.25, -0.2) is 4.98 Å². The summed E-state index contributed by atoms with van der Waals surface area (Å²) in [4.78, 5) is 16.5. The fourth-order valence-corrected chi connectivity index (χ4v) is 3.77. The molecule has 0 saturated carbocycles. The predicted molar refractivity (Wildman–Crippen MR) is 113 cm³/mol. The number of carbonyl (C=O) groups excluding carboxylic acids is 1. The first-order valence-corrected chi connectivity index (χ1v) is 10.1. The second-order valence-electron chi connectivity index (χ2n) is 7.41. The highest BCUT2D eigenvalue weighted by atomic mass is 35.5. The monoisotopic (exact) mass is 402 g/mol. The van der Waals surface area contributed by atoms with E-state index < -0.39 is 0 Å². The maximum Gasteiger partial charge on any atom is 0.226 e. The van der Waals surface area contributed by atoms with Crippen LogP contribution < -0.4 is 10.1 Å². The second kappa shape index (κ2) is 8.28. The standard InChI is InChI=1S/C21H23ClN2O2S/c1-21(2,3)14-6-9-16(10-7-14)26-12-4-5-19(25)24-20-23-17-11-8-15(22)13-18(17)27-20/h6-11,13H,4-5,12H2,1-3H3,(H,23,24,25). The van der Waals surface area contributed by atoms with Gasteiger partial charge in [0.2, 0.25) is 5.91 Å². The van der Waals surface area contributed by atoms with Crippen LogP contribution in [0.5, 0.6) is 5.75 Å². The Bertz CT molecular complexity index is 929. The highest BCUT2D eigenvalue weighted by molar-refractivity contribution is 7.22. The molecule has 0 aliphatic heterocycles. The number of anilines is 1. The van der Waals surface area contributed by atoms with E-state index >= 15 is 0 Å². The number of nitrogens with one attached hydrogen (secondary N) is 1. The number of ether oxygens (including phenoxy) is 1. The quantitative estimate of drug-likeness (QED) is 0.511. The van der Waals surface area contributed by atoms with Crippen molar-refractivity contribution in [3.8, 4) is 5.75 Å². The van der Waals surface area contributed by atoms with E-state index in [0.717, 1.165) is 16.0 Å². The van der Waals surface area contributed by atoms with Crippen molar-refractivity contribution < 1.29 is 9.53 Å². The number of rotatable bonds is 6. The van der Waals surface area contributed by atoms with Gasteiger partial charge in [0, 0.05) is 11.4 Å². The van der Waals surface area contributed by atoms with Gasteiger partial charge < -0.3 is 10.1 Å². The van der Waals surface area contributed by atoms with E-state index in [2.05, 4.69) is 43.2 Å². The zero-order chi connectivity index (χ0) is 19.4. The van der Waals surface area contributed by atoms with Crippen LogP contribution in [0.1, 0.15) is 39.2 Å². The predicted octanol–water partition coefficient (Wildman–Crippen LogP) is 6.04. The van der Waals surface area contributed by atoms with Crippen LogP contribution in [0.4, 0.5) is 5.13 Å². The lowest BCUT2D eigenvalue weighted by atomic mass is 9.87. The summed E-state index contributed by atoms with van der Waals surface area (Å²) in [5.41, 5.74) is 2.23. The third-order valence-electron chi connectivity index (χ3n) is 4.13. The molecule has 1 N–H and O–H groups in total. The lowest BCUT2D eigenvalue weighted by molar-refractivity contribution is -0.116. The number of hydrogen-bond acceptors (Lipinski definition) is 4. The molecule has 27 heavy (non-hydrogen) atoms. The van der Waals surface area contributed by atoms with Gasteiger partial charge >= 0.3 is 0 Å². The molecule has 0 radical (unpaired) electrons. The normalized spacial score (nSPS) is 11.6. The Balaban J connectivity index is 1.44. The molecular weight excluding hydrogens is 380 g/mol. The summed E-state index contributed by atoms with van der Waals surface area (Å²) >= 11 is 7.40. The molecule has 2 aromatic carbocycles. The number of aromatic nitrogens is 1. The maximum atomic E-state index is 12.1. The number of hydrogen-bond donors (Lipinski definition) is 1. The molecule has 3 rings (SSSR count). The van der Waals surface area contributed by atoms with Crippen LogP contribution in [-0.4, -0.2) is 17.5 Å². The van der Waals surface area contributed by atoms with Gasteiger partial charge in [-0.05, 0) is 47.7 Å². The Morgan fingerprint density at radius 1 is 1.19 bits per heavy atom. The summed E-state index contributed by atoms with van der Waals surface area (Å²) in [5.74, 6) is 0.762. The van der Waals surface area contributed by atoms with Crippen LogP contribution in [0.3, 0.4) is 0 Å². The largest absolute Gasteiger partial charge is 0.494 e. The molecule has 4 nitrogen and oxygen atoms in total. The number of carbonyl (C=O) groups is 1. The maximum absolute atomic E-state index is 12.1. The Kier molecular flexibility index (Phi) is 6.02. The van der Waals surface area contributed by atoms with Crippen molar-refractivity contribution in [2.45, 2.75) is 39.0 Å². The third kappa shape index (κ3) is 5.44. The molecule has 1 aromatic heterocycles. The second-order valence-corrected chi connectivity index (χ2v) is 8.87. The Morgan fingerprint density at radius 3 is 2.63 bits per heavy atom. The topological polar surface area (TPSA) is 51.2 Å². The Labute approximate surface area is 168 Å². The minimum atomic E-state index is -0.0631. The lowest BCUT2D eigenvalue weighted by Crippen LogP contribution is -2.13. The molecule has 0 aliphatic rings. The number of fused-ring (bicyclic) bond motifs is 1. The molecule has 0 spiro atoms. The first kappa shape index (κ1) is 19.6. The molecule has 0 bridgehead atoms. The van der Waals surface area contributed by atoms with Crippen molar-refractivity contribution in [1.82, 2.24) is 4.98 Å². The number of amides is 1. The molecule has 0 atom stereocenters. The van der Waals surface area contributed by atoms with Crippen molar-refractivity contribution in [1.29, 1.82) is 0 Å². The van der Waals surface area contributed by atoms with Crippen LogP contribution in [0.2, 0.25) is 5.02 Å². The van der Waals surface area contributed by atoms with Crippen molar-refractivity contribution >= 4 is 44.2 Å². The van der Waals surface area contributed by atoms with E-state index in [9.17, 15) is 4.79 Å². The van der Waals surface area contributed by atoms with Gasteiger partial charge in [0.25, 0.3) is 0 Å². The van der Waals surface area contributed by atoms with Gasteiger partial charge in [-0.3, -0.25) is 4.79 Å². The average molecular weight is 403 g/mol. The Hall–Kier alpha value is -2.11. The lowest BCUT2D eigenvalue weighted by Gasteiger charge is -2.19. The van der Waals surface area contributed by atoms with E-state index in [0.29, 0.717) is 29.6 Å². The van der Waals surface area contributed by atoms with Crippen molar-refractivity contribution in [2.24, 2.45) is 0 Å². The van der Waals surface area contributed by atoms with E-state index in [4.69, 9.17) is 16.3 Å². The SMILES string of the molecule is CC(C)(C)c1ccc(OCCCC(=O)Nc2nc3ccc(Cl)cc3s2)cc1. The molecular formula is C21H23ClN2O2S. The van der Waals surface area contributed by atoms with E-state index in [-0.39, 0.29) is 11.3 Å². The van der Waals surface area contributed by atoms with E-state index in [1.54, 1.807) is 6.07 Å². The summed E-state index contributed by atoms with van der Waals surface area (Å²) in [6.07, 6.45) is 1.03. The number of halogens is 1. The summed E-state index contributed by atoms with van der Waals surface area (Å²) in [7, 11) is 0. The third-order valence-corrected chi connectivity index (χ3v) is 5.30. The minimum absolute atomic E-state index is 0.0631. The van der Waals surface area contributed by atoms with E-state index in [1.807, 2.05) is 24.3 Å². The fourth-order valence-electron chi connectivity index (χ4n) is 2.61. The first-order chi connectivity index (χ1) is 12.8. The van der Waals surface area contributed by atoms with Gasteiger partial charge in [0.1, 0.15) is 5.75 Å².